The minimum absolute atomic E-state index is 0.119. The number of rotatable bonds is 7. The average Bonchev–Trinajstić information content (AvgIpc) is 3.32. The molecule has 1 unspecified atom stereocenters. The normalized spacial score (nSPS) is 16.3. The van der Waals surface area contributed by atoms with Crippen LogP contribution in [0.1, 0.15) is 12.8 Å². The van der Waals surface area contributed by atoms with Crippen LogP contribution in [-0.4, -0.2) is 58.4 Å². The molecule has 38 heavy (non-hydrogen) atoms. The van der Waals surface area contributed by atoms with E-state index in [-0.39, 0.29) is 21.3 Å². The fourth-order valence-electron chi connectivity index (χ4n) is 4.42. The summed E-state index contributed by atoms with van der Waals surface area (Å²) in [5, 5.41) is 10.3. The number of thiophene rings is 1. The number of aliphatic carboxylic acids is 1. The minimum atomic E-state index is -4.35. The highest BCUT2D eigenvalue weighted by atomic mass is 35.5. The summed E-state index contributed by atoms with van der Waals surface area (Å²) in [5.41, 5.74) is 0.914. The lowest BCUT2D eigenvalue weighted by Gasteiger charge is -2.37. The number of sulfonamides is 1. The summed E-state index contributed by atoms with van der Waals surface area (Å²) in [6, 6.07) is 14.9. The number of anilines is 1. The third-order valence-electron chi connectivity index (χ3n) is 6.20. The first-order chi connectivity index (χ1) is 18.1. The van der Waals surface area contributed by atoms with Crippen LogP contribution in [-0.2, 0) is 19.6 Å². The Bertz CT molecular complexity index is 1700. The lowest BCUT2D eigenvalue weighted by atomic mass is 10.0. The molecule has 1 aliphatic heterocycles. The van der Waals surface area contributed by atoms with Crippen LogP contribution >= 0.6 is 22.9 Å². The molecular weight excluding hydrogens is 552 g/mol. The Kier molecular flexibility index (Phi) is 7.05. The van der Waals surface area contributed by atoms with Gasteiger partial charge in [0.25, 0.3) is 15.6 Å². The highest BCUT2D eigenvalue weighted by molar-refractivity contribution is 7.91. The quantitative estimate of drug-likeness (QED) is 0.336. The van der Waals surface area contributed by atoms with Crippen molar-refractivity contribution in [3.8, 4) is 5.69 Å². The van der Waals surface area contributed by atoms with Gasteiger partial charge in [0, 0.05) is 35.6 Å². The smallest absolute Gasteiger partial charge is 0.318 e. The molecule has 0 aliphatic carbocycles. The molecule has 1 fully saturated rings. The van der Waals surface area contributed by atoms with Crippen molar-refractivity contribution in [3.05, 3.63) is 82.4 Å². The lowest BCUT2D eigenvalue weighted by molar-refractivity contribution is -0.138. The largest absolute Gasteiger partial charge is 0.480 e. The van der Waals surface area contributed by atoms with Crippen LogP contribution in [0.4, 0.5) is 5.69 Å². The number of halogens is 1. The van der Waals surface area contributed by atoms with Gasteiger partial charge in [-0.2, -0.15) is 4.31 Å². The van der Waals surface area contributed by atoms with Crippen LogP contribution in [0.3, 0.4) is 0 Å². The minimum Gasteiger partial charge on any atom is -0.480 e. The highest BCUT2D eigenvalue weighted by Crippen LogP contribution is 2.34. The van der Waals surface area contributed by atoms with Crippen molar-refractivity contribution >= 4 is 60.7 Å². The number of fused-ring (bicyclic) bond motifs is 1. The van der Waals surface area contributed by atoms with Gasteiger partial charge in [0.05, 0.1) is 0 Å². The second-order valence-corrected chi connectivity index (χ2v) is 12.1. The monoisotopic (exact) mass is 572 g/mol. The number of amides is 1. The van der Waals surface area contributed by atoms with E-state index >= 15 is 0 Å². The number of aromatic nitrogens is 2. The van der Waals surface area contributed by atoms with E-state index in [1.807, 2.05) is 0 Å². The van der Waals surface area contributed by atoms with Crippen LogP contribution in [0.5, 0.6) is 0 Å². The van der Waals surface area contributed by atoms with Crippen LogP contribution in [0.25, 0.3) is 15.9 Å². The van der Waals surface area contributed by atoms with E-state index in [0.717, 1.165) is 15.6 Å². The van der Waals surface area contributed by atoms with Gasteiger partial charge in [-0.05, 0) is 61.4 Å². The molecule has 0 bridgehead atoms. The van der Waals surface area contributed by atoms with Crippen molar-refractivity contribution in [2.45, 2.75) is 23.1 Å². The molecule has 0 spiro atoms. The van der Waals surface area contributed by atoms with Crippen LogP contribution < -0.4 is 10.5 Å². The molecule has 0 saturated carbocycles. The van der Waals surface area contributed by atoms with Gasteiger partial charge in [-0.1, -0.05) is 17.7 Å². The van der Waals surface area contributed by atoms with Gasteiger partial charge in [0.15, 0.2) is 0 Å². The molecule has 196 valence electrons. The average molecular weight is 573 g/mol. The van der Waals surface area contributed by atoms with Crippen LogP contribution in [0, 0.1) is 0 Å². The van der Waals surface area contributed by atoms with Gasteiger partial charge in [0.1, 0.15) is 26.8 Å². The first-order valence-corrected chi connectivity index (χ1v) is 14.2. The van der Waals surface area contributed by atoms with Gasteiger partial charge < -0.3 is 10.0 Å². The van der Waals surface area contributed by atoms with Crippen molar-refractivity contribution in [2.24, 2.45) is 0 Å². The topological polar surface area (TPSA) is 130 Å². The van der Waals surface area contributed by atoms with Crippen LogP contribution in [0.15, 0.2) is 75.9 Å². The molecule has 1 aliphatic rings. The van der Waals surface area contributed by atoms with E-state index in [4.69, 9.17) is 11.6 Å². The number of carbonyl (C=O) groups excluding carboxylic acids is 1. The maximum Gasteiger partial charge on any atom is 0.318 e. The number of benzene rings is 1. The summed E-state index contributed by atoms with van der Waals surface area (Å²) < 4.78 is 29.4. The fraction of sp³-hybridized carbons (Fsp3) is 0.200. The standard InChI is InChI=1S/C25H21ClN4O6S2/c26-20-11-6-16-14-23(37-24(16)27-20)38(35,36)30(15-22(32)33)19-4-3-13-29(25(19)34)18-9-7-17(8-10-18)28-12-2-1-5-21(28)31/h1-2,5-12,14,19H,3-4,13,15H2,(H,32,33). The first kappa shape index (κ1) is 26.0. The highest BCUT2D eigenvalue weighted by Gasteiger charge is 2.42. The van der Waals surface area contributed by atoms with Crippen molar-refractivity contribution < 1.29 is 23.1 Å². The Hall–Kier alpha value is -3.58. The Labute approximate surface area is 226 Å². The summed E-state index contributed by atoms with van der Waals surface area (Å²) in [6.45, 7) is -0.531. The number of hydrogen-bond acceptors (Lipinski definition) is 7. The second-order valence-electron chi connectivity index (χ2n) is 8.61. The maximum absolute atomic E-state index is 13.7. The fourth-order valence-corrected chi connectivity index (χ4v) is 7.65. The summed E-state index contributed by atoms with van der Waals surface area (Å²) in [7, 11) is -4.35. The molecule has 1 saturated heterocycles. The molecule has 1 aromatic carbocycles. The Morgan fingerprint density at radius 2 is 1.84 bits per heavy atom. The van der Waals surface area contributed by atoms with Crippen molar-refractivity contribution in [3.63, 3.8) is 0 Å². The predicted molar refractivity (Wildman–Crippen MR) is 144 cm³/mol. The van der Waals surface area contributed by atoms with Gasteiger partial charge in [-0.15, -0.1) is 11.3 Å². The zero-order valence-electron chi connectivity index (χ0n) is 19.7. The number of piperidine rings is 1. The van der Waals surface area contributed by atoms with Gasteiger partial charge in [-0.25, -0.2) is 13.4 Å². The van der Waals surface area contributed by atoms with E-state index in [2.05, 4.69) is 4.98 Å². The number of hydrogen-bond donors (Lipinski definition) is 1. The summed E-state index contributed by atoms with van der Waals surface area (Å²) in [5.74, 6) is -1.90. The molecule has 1 atom stereocenters. The summed E-state index contributed by atoms with van der Waals surface area (Å²) >= 11 is 6.80. The molecule has 13 heteroatoms. The third kappa shape index (κ3) is 4.95. The molecule has 1 amide bonds. The SMILES string of the molecule is O=C(O)CN(C1CCCN(c2ccc(-n3ccccc3=O)cc2)C1=O)S(=O)(=O)c1cc2ccc(Cl)nc2s1. The number of carboxylic acid groups (broad SMARTS) is 1. The number of carbonyl (C=O) groups is 2. The molecular formula is C25H21ClN4O6S2. The predicted octanol–water partition coefficient (Wildman–Crippen LogP) is 3.37. The van der Waals surface area contributed by atoms with Gasteiger partial charge >= 0.3 is 5.97 Å². The van der Waals surface area contributed by atoms with Crippen LogP contribution in [0.2, 0.25) is 5.15 Å². The Morgan fingerprint density at radius 1 is 1.11 bits per heavy atom. The van der Waals surface area contributed by atoms with E-state index in [1.54, 1.807) is 48.7 Å². The molecule has 1 N–H and O–H groups in total. The number of pyridine rings is 2. The van der Waals surface area contributed by atoms with E-state index in [9.17, 15) is 27.9 Å². The number of carboxylic acids is 1. The Balaban J connectivity index is 1.46. The van der Waals surface area contributed by atoms with Crippen molar-refractivity contribution in [2.75, 3.05) is 18.0 Å². The van der Waals surface area contributed by atoms with E-state index in [0.29, 0.717) is 34.6 Å². The molecule has 4 heterocycles. The molecule has 3 aromatic heterocycles. The third-order valence-corrected chi connectivity index (χ3v) is 9.76. The zero-order valence-corrected chi connectivity index (χ0v) is 22.1. The second kappa shape index (κ2) is 10.3. The summed E-state index contributed by atoms with van der Waals surface area (Å²) in [4.78, 5) is 43.4. The number of nitrogens with zero attached hydrogens (tertiary/aromatic N) is 4. The Morgan fingerprint density at radius 3 is 2.55 bits per heavy atom. The molecule has 5 rings (SSSR count). The molecule has 4 aromatic rings. The molecule has 0 radical (unpaired) electrons. The van der Waals surface area contributed by atoms with Crippen molar-refractivity contribution in [1.82, 2.24) is 13.9 Å². The maximum atomic E-state index is 13.7. The summed E-state index contributed by atoms with van der Waals surface area (Å²) in [6.07, 6.45) is 2.27. The lowest BCUT2D eigenvalue weighted by Crippen LogP contribution is -2.55. The molecule has 10 nitrogen and oxygen atoms in total. The van der Waals surface area contributed by atoms with Crippen molar-refractivity contribution in [1.29, 1.82) is 0 Å². The zero-order chi connectivity index (χ0) is 27.0. The van der Waals surface area contributed by atoms with E-state index in [1.165, 1.54) is 27.7 Å². The van der Waals surface area contributed by atoms with Gasteiger partial charge in [-0.3, -0.25) is 19.0 Å². The van der Waals surface area contributed by atoms with E-state index < -0.39 is 34.5 Å². The first-order valence-electron chi connectivity index (χ1n) is 11.5. The van der Waals surface area contributed by atoms with Gasteiger partial charge in [0.2, 0.25) is 5.91 Å².